The molecule has 1 spiro atoms. The van der Waals surface area contributed by atoms with Gasteiger partial charge in [-0.1, -0.05) is 17.3 Å². The molecule has 2 amide bonds. The second kappa shape index (κ2) is 9.77. The Morgan fingerprint density at radius 3 is 2.91 bits per heavy atom. The SMILES string of the molecule is CCOC(=O)[C@@H]1[C@H]2C(=O)N(CCCCCO)C(C(=O)NCn3nnc4ccccc43)C23CC[C@H]1S3. The van der Waals surface area contributed by atoms with Gasteiger partial charge < -0.3 is 20.1 Å². The van der Waals surface area contributed by atoms with Gasteiger partial charge in [0.1, 0.15) is 18.2 Å². The number of nitrogens with zero attached hydrogens (tertiary/aromatic N) is 4. The molecule has 3 aliphatic rings. The summed E-state index contributed by atoms with van der Waals surface area (Å²) in [4.78, 5) is 42.0. The number of nitrogens with one attached hydrogen (secondary N) is 1. The predicted molar refractivity (Wildman–Crippen MR) is 129 cm³/mol. The zero-order chi connectivity index (χ0) is 24.6. The van der Waals surface area contributed by atoms with Crippen molar-refractivity contribution in [3.63, 3.8) is 0 Å². The number of rotatable bonds is 10. The van der Waals surface area contributed by atoms with Crippen LogP contribution in [0.2, 0.25) is 0 Å². The summed E-state index contributed by atoms with van der Waals surface area (Å²) in [7, 11) is 0. The predicted octanol–water partition coefficient (Wildman–Crippen LogP) is 1.32. The van der Waals surface area contributed by atoms with E-state index in [-0.39, 0.29) is 42.9 Å². The average Bonchev–Trinajstić information content (AvgIpc) is 3.60. The molecule has 1 aromatic carbocycles. The van der Waals surface area contributed by atoms with Crippen molar-refractivity contribution < 1.29 is 24.2 Å². The normalized spacial score (nSPS) is 29.1. The standard InChI is InChI=1S/C24H31N5O5S/c1-2-34-23(33)18-17-10-11-24(35-17)19(18)22(32)28(12-6-3-7-13-30)20(24)21(31)25-14-29-16-9-5-4-8-15(16)26-27-29/h4-5,8-9,17-20,30H,2-3,6-7,10-14H2,1H3,(H,25,31)/t17-,18+,19+,20?,24?/m1/s1. The third-order valence-corrected chi connectivity index (χ3v) is 9.44. The molecule has 2 bridgehead atoms. The number of hydrogen-bond acceptors (Lipinski definition) is 8. The molecule has 5 atom stereocenters. The van der Waals surface area contributed by atoms with Gasteiger partial charge in [-0.05, 0) is 51.2 Å². The van der Waals surface area contributed by atoms with Crippen molar-refractivity contribution in [2.45, 2.75) is 61.7 Å². The number of aliphatic hydroxyl groups excluding tert-OH is 1. The number of aromatic nitrogens is 3. The van der Waals surface area contributed by atoms with Crippen LogP contribution in [0.15, 0.2) is 24.3 Å². The maximum atomic E-state index is 13.7. The minimum absolute atomic E-state index is 0.00546. The molecule has 3 fully saturated rings. The molecule has 35 heavy (non-hydrogen) atoms. The lowest BCUT2D eigenvalue weighted by Gasteiger charge is -2.34. The lowest BCUT2D eigenvalue weighted by molar-refractivity contribution is -0.153. The molecule has 1 aromatic heterocycles. The minimum Gasteiger partial charge on any atom is -0.466 e. The molecule has 4 heterocycles. The van der Waals surface area contributed by atoms with E-state index in [4.69, 9.17) is 9.84 Å². The number of para-hydroxylation sites is 1. The fourth-order valence-electron chi connectivity index (χ4n) is 6.05. The Balaban J connectivity index is 1.40. The highest BCUT2D eigenvalue weighted by Gasteiger charge is 2.73. The van der Waals surface area contributed by atoms with E-state index in [1.165, 1.54) is 0 Å². The summed E-state index contributed by atoms with van der Waals surface area (Å²) in [6.45, 7) is 2.68. The summed E-state index contributed by atoms with van der Waals surface area (Å²) >= 11 is 1.63. The molecule has 3 aliphatic heterocycles. The molecule has 3 saturated heterocycles. The summed E-state index contributed by atoms with van der Waals surface area (Å²) in [6.07, 6.45) is 3.59. The zero-order valence-electron chi connectivity index (χ0n) is 19.8. The summed E-state index contributed by atoms with van der Waals surface area (Å²) < 4.78 is 6.34. The van der Waals surface area contributed by atoms with Crippen LogP contribution < -0.4 is 5.32 Å². The monoisotopic (exact) mass is 501 g/mol. The first-order chi connectivity index (χ1) is 17.0. The third-order valence-electron chi connectivity index (χ3n) is 7.49. The molecule has 0 radical (unpaired) electrons. The molecule has 11 heteroatoms. The fraction of sp³-hybridized carbons (Fsp3) is 0.625. The Morgan fingerprint density at radius 2 is 2.11 bits per heavy atom. The zero-order valence-corrected chi connectivity index (χ0v) is 20.6. The van der Waals surface area contributed by atoms with Crippen LogP contribution in [0.3, 0.4) is 0 Å². The first-order valence-electron chi connectivity index (χ1n) is 12.3. The number of hydrogen-bond donors (Lipinski definition) is 2. The number of fused-ring (bicyclic) bond motifs is 2. The molecule has 10 nitrogen and oxygen atoms in total. The van der Waals surface area contributed by atoms with E-state index in [1.54, 1.807) is 28.3 Å². The topological polar surface area (TPSA) is 127 Å². The Labute approximate surface area is 207 Å². The van der Waals surface area contributed by atoms with Crippen LogP contribution in [0.5, 0.6) is 0 Å². The van der Waals surface area contributed by atoms with Gasteiger partial charge in [0.2, 0.25) is 11.8 Å². The van der Waals surface area contributed by atoms with Gasteiger partial charge in [0.15, 0.2) is 0 Å². The Morgan fingerprint density at radius 1 is 1.29 bits per heavy atom. The van der Waals surface area contributed by atoms with Crippen molar-refractivity contribution in [2.24, 2.45) is 11.8 Å². The van der Waals surface area contributed by atoms with Gasteiger partial charge in [-0.15, -0.1) is 16.9 Å². The molecule has 0 saturated carbocycles. The van der Waals surface area contributed by atoms with E-state index in [0.717, 1.165) is 23.9 Å². The number of esters is 1. The van der Waals surface area contributed by atoms with Crippen LogP contribution in [0, 0.1) is 11.8 Å². The minimum atomic E-state index is -0.668. The van der Waals surface area contributed by atoms with E-state index in [9.17, 15) is 14.4 Å². The summed E-state index contributed by atoms with van der Waals surface area (Å²) in [6, 6.07) is 6.85. The van der Waals surface area contributed by atoms with E-state index < -0.39 is 22.6 Å². The highest BCUT2D eigenvalue weighted by atomic mass is 32.2. The number of unbranched alkanes of at least 4 members (excludes halogenated alkanes) is 2. The second-order valence-corrected chi connectivity index (χ2v) is 11.0. The molecular weight excluding hydrogens is 470 g/mol. The maximum absolute atomic E-state index is 13.7. The number of amides is 2. The van der Waals surface area contributed by atoms with Crippen LogP contribution in [-0.2, 0) is 25.8 Å². The average molecular weight is 502 g/mol. The molecule has 2 unspecified atom stereocenters. The number of likely N-dealkylation sites (tertiary alicyclic amines) is 1. The third kappa shape index (κ3) is 3.98. The summed E-state index contributed by atoms with van der Waals surface area (Å²) in [5.41, 5.74) is 1.55. The van der Waals surface area contributed by atoms with E-state index in [0.29, 0.717) is 25.8 Å². The van der Waals surface area contributed by atoms with Crippen LogP contribution in [0.25, 0.3) is 11.0 Å². The molecule has 2 N–H and O–H groups in total. The van der Waals surface area contributed by atoms with Crippen LogP contribution in [0.4, 0.5) is 0 Å². The van der Waals surface area contributed by atoms with Crippen molar-refractivity contribution in [3.8, 4) is 0 Å². The fourth-order valence-corrected chi connectivity index (χ4v) is 8.26. The highest BCUT2D eigenvalue weighted by Crippen LogP contribution is 2.66. The lowest BCUT2D eigenvalue weighted by atomic mass is 9.71. The van der Waals surface area contributed by atoms with Crippen molar-refractivity contribution in [1.82, 2.24) is 25.2 Å². The largest absolute Gasteiger partial charge is 0.466 e. The van der Waals surface area contributed by atoms with Crippen LogP contribution in [0.1, 0.15) is 39.0 Å². The molecule has 2 aromatic rings. The lowest BCUT2D eigenvalue weighted by Crippen LogP contribution is -2.53. The van der Waals surface area contributed by atoms with Crippen molar-refractivity contribution in [1.29, 1.82) is 0 Å². The van der Waals surface area contributed by atoms with E-state index in [2.05, 4.69) is 15.6 Å². The van der Waals surface area contributed by atoms with E-state index >= 15 is 0 Å². The Kier molecular flexibility index (Phi) is 6.71. The molecule has 188 valence electrons. The van der Waals surface area contributed by atoms with Crippen molar-refractivity contribution in [3.05, 3.63) is 24.3 Å². The van der Waals surface area contributed by atoms with Crippen LogP contribution >= 0.6 is 11.8 Å². The Hall–Kier alpha value is -2.66. The van der Waals surface area contributed by atoms with Gasteiger partial charge in [-0.2, -0.15) is 0 Å². The number of aliphatic hydroxyl groups is 1. The van der Waals surface area contributed by atoms with Gasteiger partial charge in [-0.3, -0.25) is 14.4 Å². The number of carbonyl (C=O) groups is 3. The van der Waals surface area contributed by atoms with Gasteiger partial charge in [0.05, 0.1) is 28.7 Å². The smallest absolute Gasteiger partial charge is 0.310 e. The number of thioether (sulfide) groups is 1. The number of benzene rings is 1. The molecule has 5 rings (SSSR count). The molecule has 0 aliphatic carbocycles. The summed E-state index contributed by atoms with van der Waals surface area (Å²) in [5, 5.41) is 20.4. The quantitative estimate of drug-likeness (QED) is 0.369. The second-order valence-electron chi connectivity index (χ2n) is 9.40. The highest BCUT2D eigenvalue weighted by molar-refractivity contribution is 8.02. The Bertz CT molecular complexity index is 1120. The van der Waals surface area contributed by atoms with Gasteiger partial charge >= 0.3 is 5.97 Å². The van der Waals surface area contributed by atoms with Crippen molar-refractivity contribution in [2.75, 3.05) is 19.8 Å². The molecular formula is C24H31N5O5S. The van der Waals surface area contributed by atoms with Crippen molar-refractivity contribution >= 4 is 40.6 Å². The number of ether oxygens (including phenoxy) is 1. The van der Waals surface area contributed by atoms with Crippen LogP contribution in [-0.4, -0.2) is 78.6 Å². The van der Waals surface area contributed by atoms with Gasteiger partial charge in [0, 0.05) is 18.4 Å². The first kappa shape index (κ1) is 24.1. The van der Waals surface area contributed by atoms with Gasteiger partial charge in [0.25, 0.3) is 0 Å². The first-order valence-corrected chi connectivity index (χ1v) is 13.2. The van der Waals surface area contributed by atoms with E-state index in [1.807, 2.05) is 24.3 Å². The summed E-state index contributed by atoms with van der Waals surface area (Å²) in [5.74, 6) is -1.77. The van der Waals surface area contributed by atoms with Gasteiger partial charge in [-0.25, -0.2) is 4.68 Å². The maximum Gasteiger partial charge on any atom is 0.310 e. The number of carbonyl (C=O) groups excluding carboxylic acids is 3.